The van der Waals surface area contributed by atoms with E-state index in [2.05, 4.69) is 42.9 Å². The summed E-state index contributed by atoms with van der Waals surface area (Å²) < 4.78 is 7.50. The molecule has 2 N–H and O–H groups in total. The molecular formula is C21H27ClIN7O. The van der Waals surface area contributed by atoms with Crippen molar-refractivity contribution < 1.29 is 4.74 Å². The largest absolute Gasteiger partial charge is 0.379 e. The van der Waals surface area contributed by atoms with Crippen LogP contribution in [0.4, 0.5) is 0 Å². The minimum atomic E-state index is 0. The maximum atomic E-state index is 6.09. The highest BCUT2D eigenvalue weighted by Crippen LogP contribution is 2.23. The first kappa shape index (κ1) is 23.7. The number of hydrogen-bond acceptors (Lipinski definition) is 5. The molecule has 3 aromatic rings. The number of benzene rings is 1. The molecule has 31 heavy (non-hydrogen) atoms. The van der Waals surface area contributed by atoms with Crippen molar-refractivity contribution >= 4 is 47.2 Å². The van der Waals surface area contributed by atoms with Gasteiger partial charge in [-0.1, -0.05) is 29.8 Å². The zero-order chi connectivity index (χ0) is 20.8. The summed E-state index contributed by atoms with van der Waals surface area (Å²) in [6, 6.07) is 14.1. The molecule has 0 spiro atoms. The third kappa shape index (κ3) is 6.06. The summed E-state index contributed by atoms with van der Waals surface area (Å²) in [5.74, 6) is 1.55. The number of aliphatic imine (C=N–C) groups is 1. The second-order valence-electron chi connectivity index (χ2n) is 7.07. The Morgan fingerprint density at radius 2 is 1.90 bits per heavy atom. The van der Waals surface area contributed by atoms with E-state index in [0.29, 0.717) is 13.1 Å². The molecule has 0 bridgehead atoms. The van der Waals surface area contributed by atoms with Crippen LogP contribution in [0.3, 0.4) is 0 Å². The van der Waals surface area contributed by atoms with Gasteiger partial charge < -0.3 is 15.4 Å². The van der Waals surface area contributed by atoms with Gasteiger partial charge in [-0.3, -0.25) is 14.3 Å². The summed E-state index contributed by atoms with van der Waals surface area (Å²) in [4.78, 5) is 6.79. The van der Waals surface area contributed by atoms with E-state index in [9.17, 15) is 0 Å². The van der Waals surface area contributed by atoms with E-state index in [-0.39, 0.29) is 30.0 Å². The Bertz CT molecular complexity index is 989. The zero-order valence-electron chi connectivity index (χ0n) is 17.4. The summed E-state index contributed by atoms with van der Waals surface area (Å²) in [6.07, 6.45) is 1.96. The van der Waals surface area contributed by atoms with Crippen LogP contribution in [0.2, 0.25) is 5.02 Å². The first-order chi connectivity index (χ1) is 14.7. The van der Waals surface area contributed by atoms with Gasteiger partial charge >= 0.3 is 0 Å². The van der Waals surface area contributed by atoms with Crippen LogP contribution >= 0.6 is 35.6 Å². The summed E-state index contributed by atoms with van der Waals surface area (Å²) in [6.45, 7) is 4.52. The monoisotopic (exact) mass is 555 g/mol. The van der Waals surface area contributed by atoms with Gasteiger partial charge in [-0.05, 0) is 29.8 Å². The molecule has 3 heterocycles. The third-order valence-corrected chi connectivity index (χ3v) is 5.48. The van der Waals surface area contributed by atoms with Gasteiger partial charge in [-0.25, -0.2) is 0 Å². The Morgan fingerprint density at radius 1 is 1.13 bits per heavy atom. The van der Waals surface area contributed by atoms with Gasteiger partial charge in [0.05, 0.1) is 25.8 Å². The average molecular weight is 556 g/mol. The van der Waals surface area contributed by atoms with E-state index in [1.54, 1.807) is 7.05 Å². The van der Waals surface area contributed by atoms with Gasteiger partial charge in [0, 0.05) is 37.9 Å². The maximum absolute atomic E-state index is 6.09. The molecule has 1 aliphatic heterocycles. The molecular weight excluding hydrogens is 529 g/mol. The topological polar surface area (TPSA) is 79.1 Å². The van der Waals surface area contributed by atoms with Crippen molar-refractivity contribution in [3.05, 3.63) is 65.1 Å². The van der Waals surface area contributed by atoms with Crippen LogP contribution in [-0.2, 0) is 11.3 Å². The van der Waals surface area contributed by atoms with Crippen LogP contribution in [0.15, 0.2) is 53.7 Å². The highest BCUT2D eigenvalue weighted by Gasteiger charge is 2.23. The Kier molecular flexibility index (Phi) is 8.88. The number of rotatable bonds is 6. The molecule has 1 saturated heterocycles. The highest BCUT2D eigenvalue weighted by molar-refractivity contribution is 14.0. The summed E-state index contributed by atoms with van der Waals surface area (Å²) in [7, 11) is 1.77. The smallest absolute Gasteiger partial charge is 0.191 e. The lowest BCUT2D eigenvalue weighted by molar-refractivity contribution is 0.0170. The highest BCUT2D eigenvalue weighted by atomic mass is 127. The minimum Gasteiger partial charge on any atom is -0.379 e. The number of guanidine groups is 1. The predicted octanol–water partition coefficient (Wildman–Crippen LogP) is 2.74. The molecule has 2 aromatic heterocycles. The number of ether oxygens (including phenoxy) is 1. The van der Waals surface area contributed by atoms with Crippen LogP contribution < -0.4 is 10.6 Å². The van der Waals surface area contributed by atoms with Gasteiger partial charge in [0.15, 0.2) is 17.4 Å². The van der Waals surface area contributed by atoms with Crippen LogP contribution in [0.5, 0.6) is 0 Å². The van der Waals surface area contributed by atoms with Crippen LogP contribution in [0.25, 0.3) is 5.65 Å². The summed E-state index contributed by atoms with van der Waals surface area (Å²) >= 11 is 6.09. The molecule has 4 rings (SSSR count). The number of nitrogens with zero attached hydrogens (tertiary/aromatic N) is 5. The molecule has 0 amide bonds. The van der Waals surface area contributed by atoms with Gasteiger partial charge in [0.25, 0.3) is 0 Å². The lowest BCUT2D eigenvalue weighted by Crippen LogP contribution is -2.46. The Balaban J connectivity index is 0.00000272. The van der Waals surface area contributed by atoms with Crippen LogP contribution in [0, 0.1) is 0 Å². The van der Waals surface area contributed by atoms with Crippen LogP contribution in [0.1, 0.15) is 17.4 Å². The summed E-state index contributed by atoms with van der Waals surface area (Å²) in [5, 5.41) is 16.0. The van der Waals surface area contributed by atoms with E-state index in [1.165, 1.54) is 5.56 Å². The van der Waals surface area contributed by atoms with E-state index in [0.717, 1.165) is 48.8 Å². The fraction of sp³-hybridized carbons (Fsp3) is 0.381. The molecule has 8 nitrogen and oxygen atoms in total. The van der Waals surface area contributed by atoms with Crippen molar-refractivity contribution in [1.82, 2.24) is 30.1 Å². The number of morpholine rings is 1. The number of pyridine rings is 1. The van der Waals surface area contributed by atoms with Crippen molar-refractivity contribution in [2.24, 2.45) is 4.99 Å². The van der Waals surface area contributed by atoms with Crippen molar-refractivity contribution in [1.29, 1.82) is 0 Å². The maximum Gasteiger partial charge on any atom is 0.191 e. The van der Waals surface area contributed by atoms with Gasteiger partial charge in [-0.15, -0.1) is 34.2 Å². The number of hydrogen-bond donors (Lipinski definition) is 2. The van der Waals surface area contributed by atoms with Gasteiger partial charge in [0.1, 0.15) is 0 Å². The van der Waals surface area contributed by atoms with E-state index >= 15 is 0 Å². The SMILES string of the molecule is CN=C(NCc1nnc2ccccn12)NCC(c1ccc(Cl)cc1)N1CCOCC1.I. The fourth-order valence-corrected chi connectivity index (χ4v) is 3.75. The number of aromatic nitrogens is 3. The second-order valence-corrected chi connectivity index (χ2v) is 7.50. The Morgan fingerprint density at radius 3 is 2.65 bits per heavy atom. The quantitative estimate of drug-likeness (QED) is 0.277. The minimum absolute atomic E-state index is 0. The second kappa shape index (κ2) is 11.6. The lowest BCUT2D eigenvalue weighted by atomic mass is 10.0. The molecule has 0 saturated carbocycles. The average Bonchev–Trinajstić information content (AvgIpc) is 3.21. The first-order valence-corrected chi connectivity index (χ1v) is 10.4. The third-order valence-electron chi connectivity index (χ3n) is 5.23. The molecule has 0 aliphatic carbocycles. The number of nitrogens with one attached hydrogen (secondary N) is 2. The van der Waals surface area contributed by atoms with Crippen molar-refractivity contribution in [3.63, 3.8) is 0 Å². The first-order valence-electron chi connectivity index (χ1n) is 10.0. The molecule has 10 heteroatoms. The number of fused-ring (bicyclic) bond motifs is 1. The molecule has 1 unspecified atom stereocenters. The molecule has 1 fully saturated rings. The Labute approximate surface area is 204 Å². The summed E-state index contributed by atoms with van der Waals surface area (Å²) in [5.41, 5.74) is 2.04. The van der Waals surface area contributed by atoms with E-state index in [1.807, 2.05) is 40.9 Å². The van der Waals surface area contributed by atoms with Gasteiger partial charge in [0.2, 0.25) is 0 Å². The molecule has 166 valence electrons. The molecule has 1 atom stereocenters. The Hall–Kier alpha value is -1.95. The number of halogens is 2. The van der Waals surface area contributed by atoms with Crippen molar-refractivity contribution in [2.75, 3.05) is 39.9 Å². The lowest BCUT2D eigenvalue weighted by Gasteiger charge is -2.35. The zero-order valence-corrected chi connectivity index (χ0v) is 20.5. The van der Waals surface area contributed by atoms with Gasteiger partial charge in [-0.2, -0.15) is 0 Å². The fourth-order valence-electron chi connectivity index (χ4n) is 3.62. The van der Waals surface area contributed by atoms with Crippen molar-refractivity contribution in [3.8, 4) is 0 Å². The van der Waals surface area contributed by atoms with Crippen molar-refractivity contribution in [2.45, 2.75) is 12.6 Å². The molecule has 0 radical (unpaired) electrons. The van der Waals surface area contributed by atoms with E-state index < -0.39 is 0 Å². The molecule has 1 aliphatic rings. The molecule has 1 aromatic carbocycles. The van der Waals surface area contributed by atoms with Crippen LogP contribution in [-0.4, -0.2) is 65.4 Å². The van der Waals surface area contributed by atoms with E-state index in [4.69, 9.17) is 16.3 Å². The standard InChI is InChI=1S/C21H26ClN7O.HI/c1-23-21(25-15-20-27-26-19-4-2-3-9-29(19)20)24-14-18(28-10-12-30-13-11-28)16-5-7-17(22)8-6-16;/h2-9,18H,10-15H2,1H3,(H2,23,24,25);1H. The normalized spacial score (nSPS) is 16.0. The predicted molar refractivity (Wildman–Crippen MR) is 133 cm³/mol.